The van der Waals surface area contributed by atoms with E-state index in [-0.39, 0.29) is 5.91 Å². The van der Waals surface area contributed by atoms with Gasteiger partial charge in [0.1, 0.15) is 17.2 Å². The molecule has 3 rings (SSSR count). The highest BCUT2D eigenvalue weighted by atomic mass is 79.9. The molecule has 0 saturated carbocycles. The summed E-state index contributed by atoms with van der Waals surface area (Å²) in [6.07, 6.45) is 1.94. The Morgan fingerprint density at radius 1 is 1.18 bits per heavy atom. The standard InChI is InChI=1S/C16H17BrN2O3/c1-21-13-4-3-11(15(8-13)22-2)9-19-6-5-18-10-12(17)7-14(18)16(19)20/h3-4,7-8,10H,5-6,9H2,1-2H3. The third-order valence-electron chi connectivity index (χ3n) is 3.84. The quantitative estimate of drug-likeness (QED) is 0.837. The van der Waals surface area contributed by atoms with E-state index < -0.39 is 0 Å². The van der Waals surface area contributed by atoms with Gasteiger partial charge < -0.3 is 18.9 Å². The van der Waals surface area contributed by atoms with Crippen molar-refractivity contribution in [1.29, 1.82) is 0 Å². The zero-order valence-electron chi connectivity index (χ0n) is 12.5. The number of methoxy groups -OCH3 is 2. The molecule has 1 aliphatic heterocycles. The predicted molar refractivity (Wildman–Crippen MR) is 86.4 cm³/mol. The second kappa shape index (κ2) is 6.04. The first kappa shape index (κ1) is 15.0. The Balaban J connectivity index is 1.84. The molecule has 2 aromatic rings. The normalized spacial score (nSPS) is 14.0. The number of fused-ring (bicyclic) bond motifs is 1. The first-order valence-electron chi connectivity index (χ1n) is 6.98. The molecule has 0 aliphatic carbocycles. The van der Waals surface area contributed by atoms with Crippen LogP contribution in [0.3, 0.4) is 0 Å². The average Bonchev–Trinajstić information content (AvgIpc) is 2.91. The van der Waals surface area contributed by atoms with Crippen LogP contribution < -0.4 is 9.47 Å². The van der Waals surface area contributed by atoms with Crippen molar-refractivity contribution >= 4 is 21.8 Å². The zero-order valence-corrected chi connectivity index (χ0v) is 14.1. The summed E-state index contributed by atoms with van der Waals surface area (Å²) in [5.74, 6) is 1.51. The minimum absolute atomic E-state index is 0.0369. The maximum absolute atomic E-state index is 12.6. The maximum atomic E-state index is 12.6. The van der Waals surface area contributed by atoms with Crippen molar-refractivity contribution in [2.45, 2.75) is 13.1 Å². The Labute approximate surface area is 137 Å². The monoisotopic (exact) mass is 364 g/mol. The Bertz CT molecular complexity index is 711. The molecule has 0 bridgehead atoms. The molecule has 0 atom stereocenters. The molecule has 0 N–H and O–H groups in total. The molecule has 5 nitrogen and oxygen atoms in total. The summed E-state index contributed by atoms with van der Waals surface area (Å²) in [6, 6.07) is 7.52. The third-order valence-corrected chi connectivity index (χ3v) is 4.27. The van der Waals surface area contributed by atoms with Crippen LogP contribution in [0.5, 0.6) is 11.5 Å². The number of nitrogens with zero attached hydrogens (tertiary/aromatic N) is 2. The molecule has 1 aliphatic rings. The van der Waals surface area contributed by atoms with Gasteiger partial charge in [0.25, 0.3) is 5.91 Å². The van der Waals surface area contributed by atoms with Gasteiger partial charge in [-0.25, -0.2) is 0 Å². The number of aromatic nitrogens is 1. The molecule has 6 heteroatoms. The van der Waals surface area contributed by atoms with Crippen LogP contribution in [0.15, 0.2) is 34.9 Å². The molecule has 2 heterocycles. The van der Waals surface area contributed by atoms with Gasteiger partial charge >= 0.3 is 0 Å². The van der Waals surface area contributed by atoms with Crippen LogP contribution in [-0.2, 0) is 13.1 Å². The maximum Gasteiger partial charge on any atom is 0.270 e. The first-order chi connectivity index (χ1) is 10.6. The second-order valence-electron chi connectivity index (χ2n) is 5.14. The van der Waals surface area contributed by atoms with E-state index in [9.17, 15) is 4.79 Å². The topological polar surface area (TPSA) is 43.7 Å². The number of hydrogen-bond acceptors (Lipinski definition) is 3. The number of carbonyl (C=O) groups is 1. The molecule has 1 amide bonds. The fourth-order valence-electron chi connectivity index (χ4n) is 2.67. The van der Waals surface area contributed by atoms with Gasteiger partial charge in [-0.2, -0.15) is 0 Å². The molecule has 0 unspecified atom stereocenters. The molecule has 0 radical (unpaired) electrons. The Morgan fingerprint density at radius 2 is 2.00 bits per heavy atom. The van der Waals surface area contributed by atoms with Gasteiger partial charge in [0.15, 0.2) is 0 Å². The summed E-state index contributed by atoms with van der Waals surface area (Å²) in [5.41, 5.74) is 1.68. The summed E-state index contributed by atoms with van der Waals surface area (Å²) in [4.78, 5) is 14.4. The van der Waals surface area contributed by atoms with Gasteiger partial charge in [0.2, 0.25) is 0 Å². The largest absolute Gasteiger partial charge is 0.497 e. The average molecular weight is 365 g/mol. The van der Waals surface area contributed by atoms with Crippen molar-refractivity contribution in [3.8, 4) is 11.5 Å². The first-order valence-corrected chi connectivity index (χ1v) is 7.77. The van der Waals surface area contributed by atoms with E-state index in [2.05, 4.69) is 15.9 Å². The molecule has 22 heavy (non-hydrogen) atoms. The summed E-state index contributed by atoms with van der Waals surface area (Å²) < 4.78 is 13.5. The molecular weight excluding hydrogens is 348 g/mol. The number of rotatable bonds is 4. The van der Waals surface area contributed by atoms with Crippen LogP contribution in [0.2, 0.25) is 0 Å². The summed E-state index contributed by atoms with van der Waals surface area (Å²) in [6.45, 7) is 2.00. The lowest BCUT2D eigenvalue weighted by Gasteiger charge is -2.29. The van der Waals surface area contributed by atoms with Crippen LogP contribution in [0.4, 0.5) is 0 Å². The highest BCUT2D eigenvalue weighted by Crippen LogP contribution is 2.27. The van der Waals surface area contributed by atoms with Crippen LogP contribution in [0.25, 0.3) is 0 Å². The van der Waals surface area contributed by atoms with Crippen LogP contribution in [0, 0.1) is 0 Å². The summed E-state index contributed by atoms with van der Waals surface area (Å²) >= 11 is 3.42. The van der Waals surface area contributed by atoms with Crippen molar-refractivity contribution in [3.63, 3.8) is 0 Å². The van der Waals surface area contributed by atoms with Crippen LogP contribution >= 0.6 is 15.9 Å². The molecule has 1 aromatic heterocycles. The molecule has 0 saturated heterocycles. The minimum atomic E-state index is 0.0369. The Kier molecular flexibility index (Phi) is 4.11. The lowest BCUT2D eigenvalue weighted by molar-refractivity contribution is 0.0690. The molecular formula is C16H17BrN2O3. The van der Waals surface area contributed by atoms with Crippen LogP contribution in [-0.4, -0.2) is 36.1 Å². The third kappa shape index (κ3) is 2.70. The fraction of sp³-hybridized carbons (Fsp3) is 0.312. The van der Waals surface area contributed by atoms with Crippen molar-refractivity contribution in [2.75, 3.05) is 20.8 Å². The predicted octanol–water partition coefficient (Wildman–Crippen LogP) is 2.92. The van der Waals surface area contributed by atoms with Crippen molar-refractivity contribution in [3.05, 3.63) is 46.2 Å². The van der Waals surface area contributed by atoms with Crippen molar-refractivity contribution < 1.29 is 14.3 Å². The number of hydrogen-bond donors (Lipinski definition) is 0. The Morgan fingerprint density at radius 3 is 2.73 bits per heavy atom. The lowest BCUT2D eigenvalue weighted by Crippen LogP contribution is -2.39. The number of benzene rings is 1. The molecule has 116 valence electrons. The van der Waals surface area contributed by atoms with Crippen molar-refractivity contribution in [1.82, 2.24) is 9.47 Å². The fourth-order valence-corrected chi connectivity index (χ4v) is 3.13. The number of ether oxygens (including phenoxy) is 2. The van der Waals surface area contributed by atoms with Gasteiger partial charge in [-0.1, -0.05) is 0 Å². The number of carbonyl (C=O) groups excluding carboxylic acids is 1. The highest BCUT2D eigenvalue weighted by Gasteiger charge is 2.25. The van der Waals surface area contributed by atoms with E-state index in [1.54, 1.807) is 14.2 Å². The zero-order chi connectivity index (χ0) is 15.7. The molecule has 0 fully saturated rings. The lowest BCUT2D eigenvalue weighted by atomic mass is 10.1. The minimum Gasteiger partial charge on any atom is -0.497 e. The summed E-state index contributed by atoms with van der Waals surface area (Å²) in [5, 5.41) is 0. The highest BCUT2D eigenvalue weighted by molar-refractivity contribution is 9.10. The van der Waals surface area contributed by atoms with Crippen molar-refractivity contribution in [2.24, 2.45) is 0 Å². The van der Waals surface area contributed by atoms with E-state index in [1.165, 1.54) is 0 Å². The van der Waals surface area contributed by atoms with E-state index in [0.717, 1.165) is 28.1 Å². The van der Waals surface area contributed by atoms with E-state index in [0.29, 0.717) is 18.8 Å². The SMILES string of the molecule is COc1ccc(CN2CCn3cc(Br)cc3C2=O)c(OC)c1. The van der Waals surface area contributed by atoms with E-state index in [1.807, 2.05) is 39.9 Å². The molecule has 0 spiro atoms. The smallest absolute Gasteiger partial charge is 0.270 e. The van der Waals surface area contributed by atoms with Gasteiger partial charge in [-0.05, 0) is 34.1 Å². The number of halogens is 1. The van der Waals surface area contributed by atoms with Crippen LogP contribution in [0.1, 0.15) is 16.1 Å². The number of amides is 1. The van der Waals surface area contributed by atoms with Gasteiger partial charge in [-0.3, -0.25) is 4.79 Å². The van der Waals surface area contributed by atoms with E-state index in [4.69, 9.17) is 9.47 Å². The second-order valence-corrected chi connectivity index (χ2v) is 6.06. The summed E-state index contributed by atoms with van der Waals surface area (Å²) in [7, 11) is 3.24. The Hall–Kier alpha value is -1.95. The van der Waals surface area contributed by atoms with E-state index >= 15 is 0 Å². The molecule has 1 aromatic carbocycles. The van der Waals surface area contributed by atoms with Gasteiger partial charge in [0.05, 0.1) is 14.2 Å². The van der Waals surface area contributed by atoms with Gasteiger partial charge in [-0.15, -0.1) is 0 Å². The van der Waals surface area contributed by atoms with Gasteiger partial charge in [0, 0.05) is 41.9 Å².